The van der Waals surface area contributed by atoms with Crippen LogP contribution in [0, 0.1) is 11.3 Å². The summed E-state index contributed by atoms with van der Waals surface area (Å²) in [6.45, 7) is 0. The molecule has 0 spiro atoms. The van der Waals surface area contributed by atoms with Crippen molar-refractivity contribution in [1.29, 1.82) is 5.26 Å². The molecule has 0 bridgehead atoms. The zero-order chi connectivity index (χ0) is 11.6. The highest BCUT2D eigenvalue weighted by Crippen LogP contribution is 2.12. The maximum Gasteiger partial charge on any atom is 0.173 e. The Morgan fingerprint density at radius 3 is 2.75 bits per heavy atom. The van der Waals surface area contributed by atoms with Crippen LogP contribution in [0.25, 0.3) is 0 Å². The van der Waals surface area contributed by atoms with E-state index in [1.165, 1.54) is 17.8 Å². The molecule has 0 aromatic carbocycles. The third-order valence-electron chi connectivity index (χ3n) is 2.03. The van der Waals surface area contributed by atoms with Crippen LogP contribution >= 0.6 is 0 Å². The molecule has 0 fully saturated rings. The molecule has 1 aliphatic rings. The Morgan fingerprint density at radius 2 is 2.25 bits per heavy atom. The predicted molar refractivity (Wildman–Crippen MR) is 57.1 cm³/mol. The lowest BCUT2D eigenvalue weighted by molar-refractivity contribution is 0.605. The first kappa shape index (κ1) is 10.6. The lowest BCUT2D eigenvalue weighted by Gasteiger charge is -2.09. The molecule has 1 aromatic heterocycles. The van der Waals surface area contributed by atoms with Gasteiger partial charge in [0, 0.05) is 5.41 Å². The maximum atomic E-state index is 11.1. The van der Waals surface area contributed by atoms with Gasteiger partial charge in [0.1, 0.15) is 11.9 Å². The Morgan fingerprint density at radius 1 is 1.44 bits per heavy atom. The molecule has 0 saturated carbocycles. The van der Waals surface area contributed by atoms with Gasteiger partial charge in [0.15, 0.2) is 15.5 Å². The van der Waals surface area contributed by atoms with Crippen LogP contribution in [0.2, 0.25) is 0 Å². The van der Waals surface area contributed by atoms with Gasteiger partial charge in [-0.25, -0.2) is 18.4 Å². The van der Waals surface area contributed by atoms with E-state index in [2.05, 4.69) is 15.3 Å². The molecular formula is C9H8N4O2S. The van der Waals surface area contributed by atoms with Gasteiger partial charge in [-0.2, -0.15) is 5.26 Å². The van der Waals surface area contributed by atoms with Gasteiger partial charge in [0.2, 0.25) is 0 Å². The van der Waals surface area contributed by atoms with E-state index in [4.69, 9.17) is 5.26 Å². The summed E-state index contributed by atoms with van der Waals surface area (Å²) in [6, 6.07) is 1.56. The van der Waals surface area contributed by atoms with Crippen molar-refractivity contribution in [3.63, 3.8) is 0 Å². The molecule has 0 aliphatic carbocycles. The monoisotopic (exact) mass is 236 g/mol. The van der Waals surface area contributed by atoms with Crippen LogP contribution in [0.3, 0.4) is 0 Å². The molecule has 6 nitrogen and oxygen atoms in total. The molecule has 0 amide bonds. The van der Waals surface area contributed by atoms with Crippen LogP contribution in [0.1, 0.15) is 5.69 Å². The minimum absolute atomic E-state index is 0.0225. The van der Waals surface area contributed by atoms with Crippen LogP contribution in [0.4, 0.5) is 5.82 Å². The second-order valence-corrected chi connectivity index (χ2v) is 5.24. The molecule has 7 heteroatoms. The third-order valence-corrected chi connectivity index (χ3v) is 3.43. The number of nitrogens with zero attached hydrogens (tertiary/aromatic N) is 3. The van der Waals surface area contributed by atoms with Gasteiger partial charge >= 0.3 is 0 Å². The Labute approximate surface area is 92.6 Å². The summed E-state index contributed by atoms with van der Waals surface area (Å²) >= 11 is 0. The number of anilines is 1. The molecule has 2 heterocycles. The highest BCUT2D eigenvalue weighted by atomic mass is 32.2. The van der Waals surface area contributed by atoms with E-state index in [-0.39, 0.29) is 17.5 Å². The predicted octanol–water partition coefficient (Wildman–Crippen LogP) is 0.0709. The highest BCUT2D eigenvalue weighted by Gasteiger charge is 2.21. The van der Waals surface area contributed by atoms with Crippen molar-refractivity contribution in [1.82, 2.24) is 9.97 Å². The van der Waals surface area contributed by atoms with Crippen LogP contribution in [-0.2, 0) is 9.84 Å². The van der Waals surface area contributed by atoms with E-state index < -0.39 is 9.84 Å². The van der Waals surface area contributed by atoms with Crippen molar-refractivity contribution in [3.8, 4) is 6.07 Å². The standard InChI is InChI=1S/C9H8N4O2S/c10-3-8-4-12-9(5-11-8)13-7-1-2-16(14,15)6-7/h1-2,4-5,7H,6H2,(H,12,13). The molecule has 0 radical (unpaired) electrons. The Hall–Kier alpha value is -1.94. The van der Waals surface area contributed by atoms with Gasteiger partial charge in [-0.05, 0) is 6.08 Å². The van der Waals surface area contributed by atoms with Gasteiger partial charge in [-0.3, -0.25) is 0 Å². The fraction of sp³-hybridized carbons (Fsp3) is 0.222. The van der Waals surface area contributed by atoms with E-state index >= 15 is 0 Å². The van der Waals surface area contributed by atoms with Gasteiger partial charge in [-0.1, -0.05) is 0 Å². The molecule has 82 valence electrons. The number of hydrogen-bond acceptors (Lipinski definition) is 6. The quantitative estimate of drug-likeness (QED) is 0.780. The smallest absolute Gasteiger partial charge is 0.173 e. The number of sulfone groups is 1. The topological polar surface area (TPSA) is 95.7 Å². The van der Waals surface area contributed by atoms with Gasteiger partial charge in [0.05, 0.1) is 24.2 Å². The number of nitrogens with one attached hydrogen (secondary N) is 1. The molecule has 1 aliphatic heterocycles. The fourth-order valence-electron chi connectivity index (χ4n) is 1.32. The second-order valence-electron chi connectivity index (χ2n) is 3.31. The molecule has 1 aromatic rings. The van der Waals surface area contributed by atoms with Gasteiger partial charge in [0.25, 0.3) is 0 Å². The number of hydrogen-bond donors (Lipinski definition) is 1. The van der Waals surface area contributed by atoms with Crippen LogP contribution < -0.4 is 5.32 Å². The van der Waals surface area contributed by atoms with Crippen LogP contribution in [-0.4, -0.2) is 30.2 Å². The molecule has 0 saturated heterocycles. The number of rotatable bonds is 2. The second kappa shape index (κ2) is 3.90. The zero-order valence-corrected chi connectivity index (χ0v) is 8.98. The minimum Gasteiger partial charge on any atom is -0.362 e. The molecule has 1 unspecified atom stereocenters. The summed E-state index contributed by atoms with van der Waals surface area (Å²) in [5.74, 6) is 0.472. The van der Waals surface area contributed by atoms with E-state index in [1.54, 1.807) is 6.08 Å². The average molecular weight is 236 g/mol. The lowest BCUT2D eigenvalue weighted by atomic mass is 10.3. The third kappa shape index (κ3) is 2.35. The summed E-state index contributed by atoms with van der Waals surface area (Å²) in [5.41, 5.74) is 0.222. The molecular weight excluding hydrogens is 228 g/mol. The fourth-order valence-corrected chi connectivity index (χ4v) is 2.55. The van der Waals surface area contributed by atoms with Crippen molar-refractivity contribution < 1.29 is 8.42 Å². The Balaban J connectivity index is 2.06. The van der Waals surface area contributed by atoms with E-state index in [0.717, 1.165) is 0 Å². The van der Waals surface area contributed by atoms with Crippen molar-refractivity contribution >= 4 is 15.7 Å². The van der Waals surface area contributed by atoms with Crippen LogP contribution in [0.15, 0.2) is 23.9 Å². The minimum atomic E-state index is -3.07. The van der Waals surface area contributed by atoms with Crippen molar-refractivity contribution in [3.05, 3.63) is 29.6 Å². The van der Waals surface area contributed by atoms with E-state index in [1.807, 2.05) is 6.07 Å². The molecule has 16 heavy (non-hydrogen) atoms. The Bertz CT molecular complexity index is 556. The Kier molecular flexibility index (Phi) is 2.58. The van der Waals surface area contributed by atoms with Gasteiger partial charge < -0.3 is 5.32 Å². The van der Waals surface area contributed by atoms with Gasteiger partial charge in [-0.15, -0.1) is 0 Å². The first-order valence-corrected chi connectivity index (χ1v) is 6.20. The molecule has 1 atom stereocenters. The summed E-state index contributed by atoms with van der Waals surface area (Å²) in [4.78, 5) is 7.75. The van der Waals surface area contributed by atoms with E-state index in [0.29, 0.717) is 5.82 Å². The summed E-state index contributed by atoms with van der Waals surface area (Å²) < 4.78 is 22.3. The number of nitriles is 1. The SMILES string of the molecule is N#Cc1cnc(NC2C=CS(=O)(=O)C2)cn1. The lowest BCUT2D eigenvalue weighted by Crippen LogP contribution is -2.21. The summed E-state index contributed by atoms with van der Waals surface area (Å²) in [6.07, 6.45) is 4.29. The normalized spacial score (nSPS) is 21.6. The molecule has 2 rings (SSSR count). The maximum absolute atomic E-state index is 11.1. The first-order valence-electron chi connectivity index (χ1n) is 4.49. The van der Waals surface area contributed by atoms with Crippen molar-refractivity contribution in [2.75, 3.05) is 11.1 Å². The van der Waals surface area contributed by atoms with Crippen molar-refractivity contribution in [2.45, 2.75) is 6.04 Å². The van der Waals surface area contributed by atoms with Crippen LogP contribution in [0.5, 0.6) is 0 Å². The zero-order valence-electron chi connectivity index (χ0n) is 8.16. The van der Waals surface area contributed by atoms with E-state index in [9.17, 15) is 8.42 Å². The summed E-state index contributed by atoms with van der Waals surface area (Å²) in [5, 5.41) is 12.6. The average Bonchev–Trinajstić information content (AvgIpc) is 2.59. The number of aromatic nitrogens is 2. The largest absolute Gasteiger partial charge is 0.362 e. The summed E-state index contributed by atoms with van der Waals surface area (Å²) in [7, 11) is -3.07. The first-order chi connectivity index (χ1) is 7.59. The molecule has 1 N–H and O–H groups in total. The van der Waals surface area contributed by atoms with Crippen molar-refractivity contribution in [2.24, 2.45) is 0 Å². The highest BCUT2D eigenvalue weighted by molar-refractivity contribution is 7.94.